The maximum absolute atomic E-state index is 13.5. The van der Waals surface area contributed by atoms with Gasteiger partial charge in [-0.25, -0.2) is 18.4 Å². The first kappa shape index (κ1) is 26.4. The van der Waals surface area contributed by atoms with E-state index >= 15 is 0 Å². The molecule has 190 valence electrons. The Hall–Kier alpha value is -3.25. The van der Waals surface area contributed by atoms with Crippen LogP contribution in [0.1, 0.15) is 50.0 Å². The minimum absolute atomic E-state index is 0.0189. The lowest BCUT2D eigenvalue weighted by atomic mass is 10.2. The first-order valence-corrected chi connectivity index (χ1v) is 12.8. The van der Waals surface area contributed by atoms with Gasteiger partial charge in [-0.05, 0) is 38.0 Å². The first-order valence-electron chi connectivity index (χ1n) is 11.3. The molecule has 0 saturated heterocycles. The molecule has 2 heterocycles. The summed E-state index contributed by atoms with van der Waals surface area (Å²) in [4.78, 5) is 8.49. The highest BCUT2D eigenvalue weighted by Gasteiger charge is 2.34. The van der Waals surface area contributed by atoms with Crippen molar-refractivity contribution in [3.63, 3.8) is 0 Å². The molecule has 2 atom stereocenters. The summed E-state index contributed by atoms with van der Waals surface area (Å²) in [7, 11) is 0.467. The molecular weight excluding hydrogens is 472 g/mol. The van der Waals surface area contributed by atoms with Gasteiger partial charge in [0.2, 0.25) is 16.0 Å². The Morgan fingerprint density at radius 1 is 1.06 bits per heavy atom. The predicted octanol–water partition coefficient (Wildman–Crippen LogP) is 3.24. The van der Waals surface area contributed by atoms with Crippen LogP contribution < -0.4 is 14.2 Å². The molecule has 0 aliphatic rings. The molecule has 3 aromatic rings. The Morgan fingerprint density at radius 2 is 1.69 bits per heavy atom. The number of para-hydroxylation sites is 1. The maximum Gasteiger partial charge on any atom is 0.243 e. The number of sulfonamides is 1. The number of rotatable bonds is 12. The van der Waals surface area contributed by atoms with Gasteiger partial charge in [-0.15, -0.1) is 10.2 Å². The number of hydrogen-bond donors (Lipinski definition) is 1. The second-order valence-corrected chi connectivity index (χ2v) is 10.1. The Morgan fingerprint density at radius 3 is 2.23 bits per heavy atom. The fourth-order valence-electron chi connectivity index (χ4n) is 3.61. The average Bonchev–Trinajstić information content (AvgIpc) is 3.24. The largest absolute Gasteiger partial charge is 0.494 e. The molecule has 12 heteroatoms. The number of aromatic nitrogens is 5. The molecule has 0 aliphatic heterocycles. The lowest BCUT2D eigenvalue weighted by molar-refractivity contribution is 0.0949. The Labute approximate surface area is 205 Å². The van der Waals surface area contributed by atoms with E-state index in [1.165, 1.54) is 28.3 Å². The van der Waals surface area contributed by atoms with Crippen LogP contribution in [0.3, 0.4) is 0 Å². The third-order valence-electron chi connectivity index (χ3n) is 5.57. The van der Waals surface area contributed by atoms with Gasteiger partial charge < -0.3 is 14.2 Å². The van der Waals surface area contributed by atoms with Gasteiger partial charge in [0.15, 0.2) is 5.82 Å². The molecule has 35 heavy (non-hydrogen) atoms. The highest BCUT2D eigenvalue weighted by molar-refractivity contribution is 7.93. The zero-order valence-corrected chi connectivity index (χ0v) is 21.7. The van der Waals surface area contributed by atoms with E-state index in [1.54, 1.807) is 35.2 Å². The van der Waals surface area contributed by atoms with Crippen molar-refractivity contribution in [1.82, 2.24) is 24.7 Å². The van der Waals surface area contributed by atoms with Crippen LogP contribution in [-0.4, -0.2) is 59.7 Å². The number of unbranched alkanes of at least 4 members (excludes halogenated alkanes) is 1. The lowest BCUT2D eigenvalue weighted by Gasteiger charge is -2.23. The topological polar surface area (TPSA) is 130 Å². The molecule has 2 aromatic heterocycles. The number of ether oxygens (including phenoxy) is 3. The molecule has 0 radical (unpaired) electrons. The van der Waals surface area contributed by atoms with E-state index < -0.39 is 21.4 Å². The van der Waals surface area contributed by atoms with Gasteiger partial charge in [-0.2, -0.15) is 0 Å². The average molecular weight is 505 g/mol. The summed E-state index contributed by atoms with van der Waals surface area (Å²) in [5, 5.41) is 7.41. The van der Waals surface area contributed by atoms with Gasteiger partial charge in [-0.3, -0.25) is 9.29 Å². The van der Waals surface area contributed by atoms with E-state index in [0.29, 0.717) is 29.4 Å². The summed E-state index contributed by atoms with van der Waals surface area (Å²) in [6, 6.07) is 5.31. The number of nitrogens with zero attached hydrogens (tertiary/aromatic N) is 5. The van der Waals surface area contributed by atoms with Crippen molar-refractivity contribution >= 4 is 16.0 Å². The minimum Gasteiger partial charge on any atom is -0.494 e. The third-order valence-corrected chi connectivity index (χ3v) is 7.26. The monoisotopic (exact) mass is 504 g/mol. The minimum atomic E-state index is -4.02. The molecule has 0 fully saturated rings. The molecule has 1 N–H and O–H groups in total. The van der Waals surface area contributed by atoms with Crippen LogP contribution in [0, 0.1) is 6.92 Å². The Bertz CT molecular complexity index is 1210. The first-order chi connectivity index (χ1) is 16.8. The number of benzene rings is 1. The Balaban J connectivity index is 2.06. The predicted molar refractivity (Wildman–Crippen MR) is 132 cm³/mol. The van der Waals surface area contributed by atoms with Crippen LogP contribution in [0.2, 0.25) is 0 Å². The van der Waals surface area contributed by atoms with E-state index in [2.05, 4.69) is 31.8 Å². The van der Waals surface area contributed by atoms with Crippen LogP contribution in [0.4, 0.5) is 5.95 Å². The fourth-order valence-corrected chi connectivity index (χ4v) is 4.74. The van der Waals surface area contributed by atoms with Gasteiger partial charge in [0.25, 0.3) is 0 Å². The summed E-state index contributed by atoms with van der Waals surface area (Å²) >= 11 is 0. The molecule has 0 aliphatic carbocycles. The third kappa shape index (κ3) is 5.70. The van der Waals surface area contributed by atoms with Gasteiger partial charge in [0.05, 0.1) is 14.2 Å². The summed E-state index contributed by atoms with van der Waals surface area (Å²) in [6.07, 6.45) is 4.69. The molecule has 3 rings (SSSR count). The highest BCUT2D eigenvalue weighted by Crippen LogP contribution is 2.36. The van der Waals surface area contributed by atoms with Crippen molar-refractivity contribution in [2.75, 3.05) is 26.1 Å². The molecule has 0 bridgehead atoms. The van der Waals surface area contributed by atoms with Crippen molar-refractivity contribution in [2.45, 2.75) is 51.4 Å². The van der Waals surface area contributed by atoms with Gasteiger partial charge >= 0.3 is 0 Å². The van der Waals surface area contributed by atoms with E-state index in [0.717, 1.165) is 18.4 Å². The van der Waals surface area contributed by atoms with Gasteiger partial charge in [-0.1, -0.05) is 19.4 Å². The second-order valence-electron chi connectivity index (χ2n) is 8.02. The summed E-state index contributed by atoms with van der Waals surface area (Å²) in [5.41, 5.74) is 1.36. The number of anilines is 1. The van der Waals surface area contributed by atoms with Crippen molar-refractivity contribution in [1.29, 1.82) is 0 Å². The van der Waals surface area contributed by atoms with Gasteiger partial charge in [0, 0.05) is 25.9 Å². The number of aryl methyl sites for hydroxylation is 2. The van der Waals surface area contributed by atoms with Crippen LogP contribution in [-0.2, 0) is 21.2 Å². The summed E-state index contributed by atoms with van der Waals surface area (Å²) in [6.45, 7) is 5.44. The quantitative estimate of drug-likeness (QED) is 0.395. The molecule has 0 amide bonds. The summed E-state index contributed by atoms with van der Waals surface area (Å²) in [5.74, 6) is 1.83. The van der Waals surface area contributed by atoms with Crippen molar-refractivity contribution in [3.8, 4) is 17.2 Å². The van der Waals surface area contributed by atoms with Crippen LogP contribution >= 0.6 is 0 Å². The normalized spacial score (nSPS) is 13.3. The van der Waals surface area contributed by atoms with Crippen LogP contribution in [0.25, 0.3) is 5.69 Å². The van der Waals surface area contributed by atoms with E-state index in [1.807, 2.05) is 6.92 Å². The zero-order valence-electron chi connectivity index (χ0n) is 20.8. The number of hydrogen-bond acceptors (Lipinski definition) is 9. The van der Waals surface area contributed by atoms with E-state index in [9.17, 15) is 8.42 Å². The SMILES string of the molecule is CCCCc1nnc(NS(=O)(=O)[C@@H](C)[C@H](OC)c2ncc(C)cn2)n1-c1c(OC)cccc1OC. The molecule has 0 unspecified atom stereocenters. The van der Waals surface area contributed by atoms with Crippen molar-refractivity contribution in [2.24, 2.45) is 0 Å². The zero-order chi connectivity index (χ0) is 25.6. The second kappa shape index (κ2) is 11.5. The smallest absolute Gasteiger partial charge is 0.243 e. The number of nitrogens with one attached hydrogen (secondary N) is 1. The molecular formula is C23H32N6O5S. The highest BCUT2D eigenvalue weighted by atomic mass is 32.2. The summed E-state index contributed by atoms with van der Waals surface area (Å²) < 4.78 is 47.7. The fraction of sp³-hybridized carbons (Fsp3) is 0.478. The van der Waals surface area contributed by atoms with E-state index in [-0.39, 0.29) is 11.8 Å². The molecule has 1 aromatic carbocycles. The standard InChI is InChI=1S/C23H32N6O5S/c1-7-8-12-19-26-27-23(29(19)20-17(32-4)10-9-11-18(20)33-5)28-35(30,31)16(3)21(34-6)22-24-13-15(2)14-25-22/h9-11,13-14,16,21H,7-8,12H2,1-6H3,(H,27,28)/t16-,21-/m0/s1. The maximum atomic E-state index is 13.5. The van der Waals surface area contributed by atoms with Crippen LogP contribution in [0.5, 0.6) is 11.5 Å². The van der Waals surface area contributed by atoms with Crippen molar-refractivity contribution < 1.29 is 22.6 Å². The molecule has 0 saturated carbocycles. The number of methoxy groups -OCH3 is 3. The van der Waals surface area contributed by atoms with Crippen LogP contribution in [0.15, 0.2) is 30.6 Å². The Kier molecular flexibility index (Phi) is 8.62. The lowest BCUT2D eigenvalue weighted by Crippen LogP contribution is -2.33. The van der Waals surface area contributed by atoms with Crippen molar-refractivity contribution in [3.05, 3.63) is 47.8 Å². The molecule has 11 nitrogen and oxygen atoms in total. The molecule has 0 spiro atoms. The van der Waals surface area contributed by atoms with Gasteiger partial charge in [0.1, 0.15) is 34.4 Å². The van der Waals surface area contributed by atoms with E-state index in [4.69, 9.17) is 14.2 Å².